The summed E-state index contributed by atoms with van der Waals surface area (Å²) < 4.78 is 0. The van der Waals surface area contributed by atoms with Gasteiger partial charge in [0.15, 0.2) is 0 Å². The zero-order valence-electron chi connectivity index (χ0n) is 7.19. The molecule has 0 fully saturated rings. The van der Waals surface area contributed by atoms with Crippen molar-refractivity contribution in [2.45, 2.75) is 12.5 Å². The highest BCUT2D eigenvalue weighted by molar-refractivity contribution is 5.81. The predicted molar refractivity (Wildman–Crippen MR) is 49.6 cm³/mol. The summed E-state index contributed by atoms with van der Waals surface area (Å²) in [6.07, 6.45) is 0.288. The Balaban J connectivity index is 2.39. The first-order chi connectivity index (χ1) is 6.58. The summed E-state index contributed by atoms with van der Waals surface area (Å²) in [5.41, 5.74) is 11.6. The van der Waals surface area contributed by atoms with Gasteiger partial charge in [-0.05, 0) is 0 Å². The third kappa shape index (κ3) is 1.18. The highest BCUT2D eigenvalue weighted by atomic mass is 16.4. The number of nitrogens with one attached hydrogen (secondary N) is 1. The van der Waals surface area contributed by atoms with E-state index in [2.05, 4.69) is 15.3 Å². The SMILES string of the molecule is Nc1nc(N)c2c(n1)NC(C(=O)O)C2. The maximum absolute atomic E-state index is 10.7. The van der Waals surface area contributed by atoms with E-state index in [1.807, 2.05) is 0 Å². The van der Waals surface area contributed by atoms with Gasteiger partial charge < -0.3 is 21.9 Å². The van der Waals surface area contributed by atoms with E-state index in [9.17, 15) is 4.79 Å². The van der Waals surface area contributed by atoms with Gasteiger partial charge in [-0.1, -0.05) is 0 Å². The van der Waals surface area contributed by atoms with Crippen molar-refractivity contribution in [1.82, 2.24) is 9.97 Å². The molecule has 6 N–H and O–H groups in total. The normalized spacial score (nSPS) is 18.7. The second-order valence-corrected chi connectivity index (χ2v) is 3.03. The molecule has 1 unspecified atom stereocenters. The van der Waals surface area contributed by atoms with E-state index in [1.54, 1.807) is 0 Å². The largest absolute Gasteiger partial charge is 0.480 e. The van der Waals surface area contributed by atoms with Crippen LogP contribution in [0, 0.1) is 0 Å². The van der Waals surface area contributed by atoms with E-state index in [0.29, 0.717) is 11.4 Å². The van der Waals surface area contributed by atoms with Crippen molar-refractivity contribution in [3.8, 4) is 0 Å². The number of anilines is 3. The molecule has 0 saturated heterocycles. The summed E-state index contributed by atoms with van der Waals surface area (Å²) in [7, 11) is 0. The second kappa shape index (κ2) is 2.72. The lowest BCUT2D eigenvalue weighted by molar-refractivity contribution is -0.137. The molecule has 0 spiro atoms. The fraction of sp³-hybridized carbons (Fsp3) is 0.286. The number of nitrogen functional groups attached to an aromatic ring is 2. The first-order valence-electron chi connectivity index (χ1n) is 3.99. The number of nitrogens with two attached hydrogens (primary N) is 2. The summed E-state index contributed by atoms with van der Waals surface area (Å²) in [5.74, 6) is -0.244. The van der Waals surface area contributed by atoms with E-state index in [0.717, 1.165) is 0 Å². The minimum Gasteiger partial charge on any atom is -0.480 e. The lowest BCUT2D eigenvalue weighted by atomic mass is 10.1. The van der Waals surface area contributed by atoms with Gasteiger partial charge in [-0.2, -0.15) is 9.97 Å². The first-order valence-corrected chi connectivity index (χ1v) is 3.99. The van der Waals surface area contributed by atoms with Crippen LogP contribution in [0.5, 0.6) is 0 Å². The highest BCUT2D eigenvalue weighted by Gasteiger charge is 2.29. The number of aliphatic carboxylic acids is 1. The number of fused-ring (bicyclic) bond motifs is 1. The Morgan fingerprint density at radius 1 is 1.50 bits per heavy atom. The van der Waals surface area contributed by atoms with Crippen LogP contribution in [0.2, 0.25) is 0 Å². The van der Waals surface area contributed by atoms with Crippen molar-refractivity contribution >= 4 is 23.6 Å². The van der Waals surface area contributed by atoms with Crippen molar-refractivity contribution < 1.29 is 9.90 Å². The average Bonchev–Trinajstić information content (AvgIpc) is 2.47. The summed E-state index contributed by atoms with van der Waals surface area (Å²) >= 11 is 0. The van der Waals surface area contributed by atoms with Gasteiger partial charge in [0.25, 0.3) is 0 Å². The molecule has 14 heavy (non-hydrogen) atoms. The smallest absolute Gasteiger partial charge is 0.326 e. The van der Waals surface area contributed by atoms with E-state index >= 15 is 0 Å². The molecular formula is C7H9N5O2. The minimum atomic E-state index is -0.944. The molecule has 0 aliphatic carbocycles. The standard InChI is InChI=1S/C7H9N5O2/c8-4-2-1-3(6(13)14)10-5(2)12-7(9)11-4/h3H,1H2,(H,13,14)(H5,8,9,10,11,12). The van der Waals surface area contributed by atoms with E-state index in [1.165, 1.54) is 0 Å². The molecule has 1 aromatic rings. The molecule has 2 rings (SSSR count). The van der Waals surface area contributed by atoms with Gasteiger partial charge in [0.1, 0.15) is 17.7 Å². The zero-order valence-corrected chi connectivity index (χ0v) is 7.19. The van der Waals surface area contributed by atoms with Crippen molar-refractivity contribution in [2.24, 2.45) is 0 Å². The second-order valence-electron chi connectivity index (χ2n) is 3.03. The fourth-order valence-electron chi connectivity index (χ4n) is 1.41. The molecule has 74 valence electrons. The number of aromatic nitrogens is 2. The van der Waals surface area contributed by atoms with Gasteiger partial charge in [0.2, 0.25) is 5.95 Å². The molecule has 1 aliphatic rings. The van der Waals surface area contributed by atoms with E-state index < -0.39 is 12.0 Å². The lowest BCUT2D eigenvalue weighted by Crippen LogP contribution is -2.26. The molecule has 0 radical (unpaired) electrons. The molecular weight excluding hydrogens is 186 g/mol. The molecule has 0 saturated carbocycles. The van der Waals surface area contributed by atoms with Gasteiger partial charge in [-0.15, -0.1) is 0 Å². The third-order valence-corrected chi connectivity index (χ3v) is 2.07. The molecule has 7 heteroatoms. The van der Waals surface area contributed by atoms with Crippen molar-refractivity contribution in [1.29, 1.82) is 0 Å². The van der Waals surface area contributed by atoms with Gasteiger partial charge in [0, 0.05) is 12.0 Å². The van der Waals surface area contributed by atoms with Gasteiger partial charge in [-0.25, -0.2) is 4.79 Å². The number of hydrogen-bond acceptors (Lipinski definition) is 6. The lowest BCUT2D eigenvalue weighted by Gasteiger charge is -2.03. The van der Waals surface area contributed by atoms with Crippen LogP contribution in [0.25, 0.3) is 0 Å². The molecule has 1 aliphatic heterocycles. The Morgan fingerprint density at radius 2 is 2.21 bits per heavy atom. The number of hydrogen-bond donors (Lipinski definition) is 4. The van der Waals surface area contributed by atoms with Gasteiger partial charge in [-0.3, -0.25) is 0 Å². The average molecular weight is 195 g/mol. The van der Waals surface area contributed by atoms with E-state index in [4.69, 9.17) is 16.6 Å². The summed E-state index contributed by atoms with van der Waals surface area (Å²) in [6, 6.07) is -0.691. The van der Waals surface area contributed by atoms with Crippen LogP contribution in [-0.2, 0) is 11.2 Å². The topological polar surface area (TPSA) is 127 Å². The van der Waals surface area contributed by atoms with Crippen LogP contribution < -0.4 is 16.8 Å². The summed E-state index contributed by atoms with van der Waals surface area (Å²) in [4.78, 5) is 18.3. The van der Waals surface area contributed by atoms with Crippen molar-refractivity contribution in [3.05, 3.63) is 5.56 Å². The number of nitrogens with zero attached hydrogens (tertiary/aromatic N) is 2. The molecule has 1 aromatic heterocycles. The van der Waals surface area contributed by atoms with Crippen LogP contribution in [0.4, 0.5) is 17.6 Å². The third-order valence-electron chi connectivity index (χ3n) is 2.07. The molecule has 1 atom stereocenters. The first kappa shape index (κ1) is 8.54. The summed E-state index contributed by atoms with van der Waals surface area (Å²) in [5, 5.41) is 11.5. The Hall–Kier alpha value is -2.05. The minimum absolute atomic E-state index is 0.0415. The molecule has 0 aromatic carbocycles. The zero-order chi connectivity index (χ0) is 10.3. The number of rotatable bonds is 1. The van der Waals surface area contributed by atoms with Gasteiger partial charge in [0.05, 0.1) is 0 Å². The Morgan fingerprint density at radius 3 is 2.86 bits per heavy atom. The Kier molecular flexibility index (Phi) is 1.66. The monoisotopic (exact) mass is 195 g/mol. The fourth-order valence-corrected chi connectivity index (χ4v) is 1.41. The quantitative estimate of drug-likeness (QED) is 0.455. The van der Waals surface area contributed by atoms with Crippen molar-refractivity contribution in [3.63, 3.8) is 0 Å². The predicted octanol–water partition coefficient (Wildman–Crippen LogP) is -0.938. The maximum Gasteiger partial charge on any atom is 0.326 e. The van der Waals surface area contributed by atoms with Crippen LogP contribution >= 0.6 is 0 Å². The number of carboxylic acid groups (broad SMARTS) is 1. The molecule has 0 amide bonds. The molecule has 2 heterocycles. The van der Waals surface area contributed by atoms with Gasteiger partial charge >= 0.3 is 5.97 Å². The Labute approximate surface area is 79.1 Å². The maximum atomic E-state index is 10.7. The van der Waals surface area contributed by atoms with Crippen LogP contribution in [0.3, 0.4) is 0 Å². The number of carboxylic acids is 1. The van der Waals surface area contributed by atoms with Crippen molar-refractivity contribution in [2.75, 3.05) is 16.8 Å². The molecule has 0 bridgehead atoms. The van der Waals surface area contributed by atoms with Crippen LogP contribution in [0.1, 0.15) is 5.56 Å². The number of carbonyl (C=O) groups is 1. The molecule has 7 nitrogen and oxygen atoms in total. The van der Waals surface area contributed by atoms with Crippen LogP contribution in [-0.4, -0.2) is 27.1 Å². The highest BCUT2D eigenvalue weighted by Crippen LogP contribution is 2.28. The van der Waals surface area contributed by atoms with Crippen LogP contribution in [0.15, 0.2) is 0 Å². The Bertz CT molecular complexity index is 405. The van der Waals surface area contributed by atoms with E-state index in [-0.39, 0.29) is 18.2 Å². The summed E-state index contributed by atoms with van der Waals surface area (Å²) in [6.45, 7) is 0.